The van der Waals surface area contributed by atoms with Crippen LogP contribution in [0.25, 0.3) is 0 Å². The van der Waals surface area contributed by atoms with E-state index in [0.717, 1.165) is 5.56 Å². The first kappa shape index (κ1) is 14.6. The number of halogens is 1. The summed E-state index contributed by atoms with van der Waals surface area (Å²) in [6.07, 6.45) is 1.57. The quantitative estimate of drug-likeness (QED) is 0.742. The second-order valence-corrected chi connectivity index (χ2v) is 5.24. The van der Waals surface area contributed by atoms with E-state index in [1.807, 2.05) is 12.1 Å². The molecule has 0 saturated heterocycles. The first-order chi connectivity index (χ1) is 9.67. The first-order valence-corrected chi connectivity index (χ1v) is 6.91. The second-order valence-electron chi connectivity index (χ2n) is 3.77. The normalized spacial score (nSPS) is 10.1. The Labute approximate surface area is 125 Å². The highest BCUT2D eigenvalue weighted by atomic mass is 35.5. The number of carbonyl (C=O) groups excluding carboxylic acids is 1. The Balaban J connectivity index is 1.82. The average molecular weight is 313 g/mol. The van der Waals surface area contributed by atoms with Gasteiger partial charge in [-0.2, -0.15) is 0 Å². The minimum atomic E-state index is -0.330. The highest BCUT2D eigenvalue weighted by Crippen LogP contribution is 2.22. The van der Waals surface area contributed by atoms with Gasteiger partial charge in [0, 0.05) is 11.6 Å². The lowest BCUT2D eigenvalue weighted by molar-refractivity contribution is 0.251. The number of benzene rings is 1. The minimum Gasteiger partial charge on any atom is -0.334 e. The summed E-state index contributed by atoms with van der Waals surface area (Å²) in [5.74, 6) is 0. The van der Waals surface area contributed by atoms with Crippen molar-refractivity contribution < 1.29 is 9.63 Å². The largest absolute Gasteiger partial charge is 0.334 e. The molecular weight excluding hydrogens is 300 g/mol. The molecule has 1 aromatic heterocycles. The zero-order valence-electron chi connectivity index (χ0n) is 10.6. The van der Waals surface area contributed by atoms with Crippen molar-refractivity contribution in [3.63, 3.8) is 0 Å². The molecule has 20 heavy (non-hydrogen) atoms. The van der Waals surface area contributed by atoms with E-state index in [4.69, 9.17) is 16.4 Å². The summed E-state index contributed by atoms with van der Waals surface area (Å²) in [6, 6.07) is 6.97. The van der Waals surface area contributed by atoms with E-state index < -0.39 is 0 Å². The average Bonchev–Trinajstić information content (AvgIpc) is 2.84. The second kappa shape index (κ2) is 7.09. The molecule has 0 spiro atoms. The highest BCUT2D eigenvalue weighted by Gasteiger charge is 2.06. The van der Waals surface area contributed by atoms with Gasteiger partial charge in [0.1, 0.15) is 5.00 Å². The molecular formula is C12H13ClN4O2S. The van der Waals surface area contributed by atoms with Crippen molar-refractivity contribution in [2.24, 2.45) is 0 Å². The molecule has 106 valence electrons. The third-order valence-corrected chi connectivity index (χ3v) is 3.32. The molecule has 6 nitrogen and oxygen atoms in total. The van der Waals surface area contributed by atoms with E-state index >= 15 is 0 Å². The zero-order valence-corrected chi connectivity index (χ0v) is 12.2. The Hall–Kier alpha value is -1.83. The maximum atomic E-state index is 11.7. The summed E-state index contributed by atoms with van der Waals surface area (Å²) in [5.41, 5.74) is 3.56. The number of thiazole rings is 1. The third-order valence-electron chi connectivity index (χ3n) is 2.27. The lowest BCUT2D eigenvalue weighted by Gasteiger charge is -2.05. The van der Waals surface area contributed by atoms with Gasteiger partial charge in [0.25, 0.3) is 0 Å². The van der Waals surface area contributed by atoms with Gasteiger partial charge in [-0.05, 0) is 17.7 Å². The number of nitrogens with zero attached hydrogens (tertiary/aromatic N) is 1. The number of rotatable bonds is 5. The van der Waals surface area contributed by atoms with E-state index in [-0.39, 0.29) is 6.03 Å². The van der Waals surface area contributed by atoms with Crippen LogP contribution >= 0.6 is 22.9 Å². The Morgan fingerprint density at radius 1 is 1.50 bits per heavy atom. The van der Waals surface area contributed by atoms with Crippen molar-refractivity contribution in [2.45, 2.75) is 6.54 Å². The molecule has 0 aliphatic carbocycles. The van der Waals surface area contributed by atoms with Crippen LogP contribution in [0.1, 0.15) is 5.56 Å². The van der Waals surface area contributed by atoms with Crippen LogP contribution in [0, 0.1) is 0 Å². The van der Waals surface area contributed by atoms with Gasteiger partial charge in [-0.1, -0.05) is 35.1 Å². The van der Waals surface area contributed by atoms with Crippen molar-refractivity contribution in [1.82, 2.24) is 10.3 Å². The Bertz CT molecular complexity index is 590. The molecule has 0 aliphatic heterocycles. The lowest BCUT2D eigenvalue weighted by Crippen LogP contribution is -2.28. The number of amides is 2. The highest BCUT2D eigenvalue weighted by molar-refractivity contribution is 7.19. The smallest absolute Gasteiger partial charge is 0.321 e. The van der Waals surface area contributed by atoms with E-state index in [0.29, 0.717) is 21.7 Å². The van der Waals surface area contributed by atoms with E-state index in [1.54, 1.807) is 18.3 Å². The van der Waals surface area contributed by atoms with Crippen LogP contribution in [0.15, 0.2) is 30.5 Å². The van der Waals surface area contributed by atoms with Crippen LogP contribution in [-0.4, -0.2) is 18.1 Å². The Morgan fingerprint density at radius 2 is 2.35 bits per heavy atom. The van der Waals surface area contributed by atoms with Crippen LogP contribution in [0.3, 0.4) is 0 Å². The number of anilines is 2. The number of hydrogen-bond donors (Lipinski definition) is 3. The topological polar surface area (TPSA) is 75.3 Å². The molecule has 2 rings (SSSR count). The molecule has 1 heterocycles. The maximum Gasteiger partial charge on any atom is 0.321 e. The van der Waals surface area contributed by atoms with Crippen LogP contribution < -0.4 is 16.1 Å². The fraction of sp³-hybridized carbons (Fsp3) is 0.167. The van der Waals surface area contributed by atoms with Crippen LogP contribution in [0.5, 0.6) is 0 Å². The first-order valence-electron chi connectivity index (χ1n) is 5.71. The fourth-order valence-electron chi connectivity index (χ4n) is 1.45. The number of hydrogen-bond acceptors (Lipinski definition) is 5. The molecule has 0 radical (unpaired) electrons. The summed E-state index contributed by atoms with van der Waals surface area (Å²) in [7, 11) is 1.50. The van der Waals surface area contributed by atoms with Gasteiger partial charge in [0.05, 0.1) is 13.3 Å². The molecule has 0 aliphatic rings. The van der Waals surface area contributed by atoms with Crippen LogP contribution in [-0.2, 0) is 11.4 Å². The van der Waals surface area contributed by atoms with Crippen molar-refractivity contribution in [2.75, 3.05) is 17.9 Å². The third kappa shape index (κ3) is 4.37. The van der Waals surface area contributed by atoms with Gasteiger partial charge in [-0.3, -0.25) is 15.6 Å². The van der Waals surface area contributed by atoms with E-state index in [2.05, 4.69) is 21.1 Å². The van der Waals surface area contributed by atoms with Crippen molar-refractivity contribution >= 4 is 39.1 Å². The van der Waals surface area contributed by atoms with Crippen LogP contribution in [0.2, 0.25) is 5.02 Å². The van der Waals surface area contributed by atoms with Crippen molar-refractivity contribution in [3.05, 3.63) is 41.0 Å². The summed E-state index contributed by atoms with van der Waals surface area (Å²) in [6.45, 7) is 0.390. The van der Waals surface area contributed by atoms with Gasteiger partial charge in [0.15, 0.2) is 5.13 Å². The number of carbonyl (C=O) groups is 1. The standard InChI is InChI=1S/C12H13ClN4O2S/c1-19-17-10-7-15-12(20-10)16-11(18)14-6-8-3-2-4-9(13)5-8/h2-5,7,17H,6H2,1H3,(H2,14,15,16,18). The summed E-state index contributed by atoms with van der Waals surface area (Å²) < 4.78 is 0. The number of urea groups is 1. The molecule has 0 saturated carbocycles. The predicted octanol–water partition coefficient (Wildman–Crippen LogP) is 3.09. The zero-order chi connectivity index (χ0) is 14.4. The number of nitrogens with one attached hydrogen (secondary N) is 3. The molecule has 0 atom stereocenters. The minimum absolute atomic E-state index is 0.330. The van der Waals surface area contributed by atoms with Crippen LogP contribution in [0.4, 0.5) is 14.9 Å². The summed E-state index contributed by atoms with van der Waals surface area (Å²) in [4.78, 5) is 20.5. The summed E-state index contributed by atoms with van der Waals surface area (Å²) in [5, 5.41) is 7.18. The molecule has 1 aromatic carbocycles. The maximum absolute atomic E-state index is 11.7. The van der Waals surface area contributed by atoms with Gasteiger partial charge in [-0.15, -0.1) is 0 Å². The summed E-state index contributed by atoms with van der Waals surface area (Å²) >= 11 is 7.14. The van der Waals surface area contributed by atoms with E-state index in [1.165, 1.54) is 18.4 Å². The molecule has 0 unspecified atom stereocenters. The molecule has 2 aromatic rings. The predicted molar refractivity (Wildman–Crippen MR) is 80.1 cm³/mol. The molecule has 0 bridgehead atoms. The Morgan fingerprint density at radius 3 is 3.10 bits per heavy atom. The Kier molecular flexibility index (Phi) is 5.16. The molecule has 3 N–H and O–H groups in total. The van der Waals surface area contributed by atoms with Crippen molar-refractivity contribution in [1.29, 1.82) is 0 Å². The SMILES string of the molecule is CONc1cnc(NC(=O)NCc2cccc(Cl)c2)s1. The monoisotopic (exact) mass is 312 g/mol. The number of aromatic nitrogens is 1. The molecule has 8 heteroatoms. The van der Waals surface area contributed by atoms with Gasteiger partial charge in [0.2, 0.25) is 0 Å². The van der Waals surface area contributed by atoms with Gasteiger partial charge >= 0.3 is 6.03 Å². The van der Waals surface area contributed by atoms with Gasteiger partial charge in [-0.25, -0.2) is 9.78 Å². The van der Waals surface area contributed by atoms with Crippen molar-refractivity contribution in [3.8, 4) is 0 Å². The lowest BCUT2D eigenvalue weighted by atomic mass is 10.2. The molecule has 2 amide bonds. The molecule has 0 fully saturated rings. The van der Waals surface area contributed by atoms with Gasteiger partial charge < -0.3 is 5.32 Å². The fourth-order valence-corrected chi connectivity index (χ4v) is 2.35. The van der Waals surface area contributed by atoms with E-state index in [9.17, 15) is 4.79 Å².